The zero-order chi connectivity index (χ0) is 9.26. The molecule has 0 bridgehead atoms. The van der Waals surface area contributed by atoms with Crippen molar-refractivity contribution in [1.82, 2.24) is 9.78 Å². The van der Waals surface area contributed by atoms with Gasteiger partial charge >= 0.3 is 0 Å². The topological polar surface area (TPSA) is 42.2 Å². The standard InChI is InChI=1S/C9H14N4/c1-7-8(6-13(2)12-7)11-9-4-3-5-10-9/h6H,3-5H2,1-2H3,(H,10,11). The van der Waals surface area contributed by atoms with E-state index < -0.39 is 0 Å². The van der Waals surface area contributed by atoms with Crippen LogP contribution < -0.4 is 5.32 Å². The predicted octanol–water partition coefficient (Wildman–Crippen LogP) is 1.33. The lowest BCUT2D eigenvalue weighted by molar-refractivity contribution is 0.756. The summed E-state index contributed by atoms with van der Waals surface area (Å²) >= 11 is 0. The zero-order valence-corrected chi connectivity index (χ0v) is 8.04. The number of rotatable bonds is 1. The summed E-state index contributed by atoms with van der Waals surface area (Å²) in [7, 11) is 1.93. The van der Waals surface area contributed by atoms with Gasteiger partial charge in [0.15, 0.2) is 0 Å². The number of hydrogen-bond acceptors (Lipinski definition) is 3. The number of aliphatic imine (C=N–C) groups is 1. The Morgan fingerprint density at radius 2 is 2.38 bits per heavy atom. The van der Waals surface area contributed by atoms with Crippen molar-refractivity contribution in [3.63, 3.8) is 0 Å². The number of nitrogens with one attached hydrogen (secondary N) is 1. The van der Waals surface area contributed by atoms with Crippen LogP contribution in [0.3, 0.4) is 0 Å². The van der Waals surface area contributed by atoms with Crippen LogP contribution in [0.5, 0.6) is 0 Å². The molecule has 70 valence electrons. The van der Waals surface area contributed by atoms with Crippen LogP contribution in [0.25, 0.3) is 0 Å². The fraction of sp³-hybridized carbons (Fsp3) is 0.556. The average Bonchev–Trinajstić information content (AvgIpc) is 2.63. The molecule has 0 aromatic carbocycles. The van der Waals surface area contributed by atoms with Gasteiger partial charge in [-0.3, -0.25) is 9.67 Å². The van der Waals surface area contributed by atoms with Crippen LogP contribution >= 0.6 is 0 Å². The molecular weight excluding hydrogens is 164 g/mol. The third-order valence-corrected chi connectivity index (χ3v) is 2.17. The highest BCUT2D eigenvalue weighted by molar-refractivity contribution is 5.96. The SMILES string of the molecule is Cc1nn(C)cc1NC1=NCCC1. The van der Waals surface area contributed by atoms with Gasteiger partial charge in [-0.05, 0) is 13.3 Å². The Kier molecular flexibility index (Phi) is 2.04. The van der Waals surface area contributed by atoms with Gasteiger partial charge in [0.1, 0.15) is 5.84 Å². The van der Waals surface area contributed by atoms with Crippen LogP contribution in [0, 0.1) is 6.92 Å². The molecular formula is C9H14N4. The van der Waals surface area contributed by atoms with Crippen molar-refractivity contribution in [3.05, 3.63) is 11.9 Å². The molecule has 0 unspecified atom stereocenters. The van der Waals surface area contributed by atoms with Crippen molar-refractivity contribution in [2.75, 3.05) is 11.9 Å². The Hall–Kier alpha value is -1.32. The Morgan fingerprint density at radius 1 is 1.54 bits per heavy atom. The van der Waals surface area contributed by atoms with E-state index in [-0.39, 0.29) is 0 Å². The molecule has 13 heavy (non-hydrogen) atoms. The molecule has 1 aromatic heterocycles. The van der Waals surface area contributed by atoms with Crippen LogP contribution in [0.1, 0.15) is 18.5 Å². The monoisotopic (exact) mass is 178 g/mol. The van der Waals surface area contributed by atoms with Crippen molar-refractivity contribution in [2.24, 2.45) is 12.0 Å². The van der Waals surface area contributed by atoms with E-state index >= 15 is 0 Å². The summed E-state index contributed by atoms with van der Waals surface area (Å²) in [5.74, 6) is 1.09. The van der Waals surface area contributed by atoms with Gasteiger partial charge in [0.25, 0.3) is 0 Å². The van der Waals surface area contributed by atoms with Gasteiger partial charge in [0, 0.05) is 26.2 Å². The summed E-state index contributed by atoms with van der Waals surface area (Å²) in [6, 6.07) is 0. The van der Waals surface area contributed by atoms with Crippen molar-refractivity contribution in [1.29, 1.82) is 0 Å². The summed E-state index contributed by atoms with van der Waals surface area (Å²) in [5.41, 5.74) is 2.10. The van der Waals surface area contributed by atoms with E-state index in [2.05, 4.69) is 15.4 Å². The maximum Gasteiger partial charge on any atom is 0.101 e. The van der Waals surface area contributed by atoms with E-state index in [1.54, 1.807) is 0 Å². The molecule has 0 fully saturated rings. The quantitative estimate of drug-likeness (QED) is 0.705. The van der Waals surface area contributed by atoms with E-state index in [1.165, 1.54) is 6.42 Å². The van der Waals surface area contributed by atoms with Gasteiger partial charge in [-0.1, -0.05) is 0 Å². The van der Waals surface area contributed by atoms with Crippen LogP contribution in [0.2, 0.25) is 0 Å². The number of anilines is 1. The molecule has 0 saturated carbocycles. The normalized spacial score (nSPS) is 16.0. The smallest absolute Gasteiger partial charge is 0.101 e. The van der Waals surface area contributed by atoms with Gasteiger partial charge in [0.05, 0.1) is 11.4 Å². The van der Waals surface area contributed by atoms with E-state index in [9.17, 15) is 0 Å². The third kappa shape index (κ3) is 1.71. The van der Waals surface area contributed by atoms with E-state index in [0.717, 1.165) is 30.2 Å². The Labute approximate surface area is 77.7 Å². The first-order chi connectivity index (χ1) is 6.25. The molecule has 1 aromatic rings. The Balaban J connectivity index is 2.12. The second-order valence-corrected chi connectivity index (χ2v) is 3.36. The number of aryl methyl sites for hydroxylation is 2. The van der Waals surface area contributed by atoms with Crippen molar-refractivity contribution in [3.8, 4) is 0 Å². The second kappa shape index (κ2) is 3.20. The summed E-state index contributed by atoms with van der Waals surface area (Å²) in [6.07, 6.45) is 4.21. The number of aromatic nitrogens is 2. The fourth-order valence-electron chi connectivity index (χ4n) is 1.52. The van der Waals surface area contributed by atoms with Crippen LogP contribution in [0.15, 0.2) is 11.2 Å². The minimum Gasteiger partial charge on any atom is -0.341 e. The number of hydrogen-bond donors (Lipinski definition) is 1. The molecule has 0 spiro atoms. The summed E-state index contributed by atoms with van der Waals surface area (Å²) < 4.78 is 1.81. The summed E-state index contributed by atoms with van der Waals surface area (Å²) in [4.78, 5) is 4.35. The number of amidine groups is 1. The highest BCUT2D eigenvalue weighted by atomic mass is 15.3. The van der Waals surface area contributed by atoms with E-state index in [4.69, 9.17) is 0 Å². The summed E-state index contributed by atoms with van der Waals surface area (Å²) in [6.45, 7) is 2.96. The third-order valence-electron chi connectivity index (χ3n) is 2.17. The van der Waals surface area contributed by atoms with Gasteiger partial charge in [-0.15, -0.1) is 0 Å². The second-order valence-electron chi connectivity index (χ2n) is 3.36. The van der Waals surface area contributed by atoms with Gasteiger partial charge in [-0.25, -0.2) is 0 Å². The van der Waals surface area contributed by atoms with Gasteiger partial charge in [-0.2, -0.15) is 5.10 Å². The summed E-state index contributed by atoms with van der Waals surface area (Å²) in [5, 5.41) is 7.55. The molecule has 1 aliphatic rings. The molecule has 0 atom stereocenters. The highest BCUT2D eigenvalue weighted by Crippen LogP contribution is 2.14. The first kappa shape index (κ1) is 8.29. The lowest BCUT2D eigenvalue weighted by Crippen LogP contribution is -2.08. The lowest BCUT2D eigenvalue weighted by atomic mass is 10.3. The van der Waals surface area contributed by atoms with E-state index in [0.29, 0.717) is 0 Å². The molecule has 1 N–H and O–H groups in total. The van der Waals surface area contributed by atoms with E-state index in [1.807, 2.05) is 24.9 Å². The molecule has 0 aliphatic carbocycles. The Morgan fingerprint density at radius 3 is 2.92 bits per heavy atom. The fourth-order valence-corrected chi connectivity index (χ4v) is 1.52. The average molecular weight is 178 g/mol. The van der Waals surface area contributed by atoms with Crippen LogP contribution in [0.4, 0.5) is 5.69 Å². The highest BCUT2D eigenvalue weighted by Gasteiger charge is 2.09. The maximum atomic E-state index is 4.35. The molecule has 0 saturated heterocycles. The molecule has 0 radical (unpaired) electrons. The molecule has 2 rings (SSSR count). The van der Waals surface area contributed by atoms with Gasteiger partial charge < -0.3 is 5.32 Å². The minimum atomic E-state index is 0.960. The van der Waals surface area contributed by atoms with Crippen molar-refractivity contribution >= 4 is 11.5 Å². The molecule has 1 aliphatic heterocycles. The lowest BCUT2D eigenvalue weighted by Gasteiger charge is -2.02. The molecule has 0 amide bonds. The van der Waals surface area contributed by atoms with Gasteiger partial charge in [0.2, 0.25) is 0 Å². The minimum absolute atomic E-state index is 0.960. The Bertz CT molecular complexity index is 337. The first-order valence-corrected chi connectivity index (χ1v) is 4.56. The first-order valence-electron chi connectivity index (χ1n) is 4.56. The van der Waals surface area contributed by atoms with Crippen molar-refractivity contribution < 1.29 is 0 Å². The molecule has 4 nitrogen and oxygen atoms in total. The molecule has 2 heterocycles. The predicted molar refractivity (Wildman–Crippen MR) is 53.1 cm³/mol. The molecule has 4 heteroatoms. The van der Waals surface area contributed by atoms with Crippen LogP contribution in [-0.4, -0.2) is 22.2 Å². The van der Waals surface area contributed by atoms with Crippen molar-refractivity contribution in [2.45, 2.75) is 19.8 Å². The largest absolute Gasteiger partial charge is 0.341 e. The number of nitrogens with zero attached hydrogens (tertiary/aromatic N) is 3. The maximum absolute atomic E-state index is 4.35. The zero-order valence-electron chi connectivity index (χ0n) is 8.04. The van der Waals surface area contributed by atoms with Crippen LogP contribution in [-0.2, 0) is 7.05 Å².